The van der Waals surface area contributed by atoms with Crippen molar-refractivity contribution in [1.29, 1.82) is 0 Å². The van der Waals surface area contributed by atoms with Gasteiger partial charge in [0.05, 0.1) is 0 Å². The first-order valence-corrected chi connectivity index (χ1v) is 12.9. The molecule has 3 rings (SSSR count). The third kappa shape index (κ3) is 3.10. The topological polar surface area (TPSA) is 17.1 Å². The first kappa shape index (κ1) is 18.0. The van der Waals surface area contributed by atoms with Gasteiger partial charge in [-0.15, -0.1) is 0 Å². The molecule has 0 aliphatic carbocycles. The Labute approximate surface area is 157 Å². The Bertz CT molecular complexity index is 748. The number of halogens is 1. The Hall–Kier alpha value is -1.76. The molecule has 0 aliphatic heterocycles. The van der Waals surface area contributed by atoms with Crippen molar-refractivity contribution in [2.45, 2.75) is 13.3 Å². The molecule has 0 atom stereocenters. The number of Topliss-reactive ketones (excluding diaryl/α,β-unsaturated/α-hetero) is 1. The van der Waals surface area contributed by atoms with Gasteiger partial charge >= 0.3 is 158 Å². The molecule has 25 heavy (non-hydrogen) atoms. The molecule has 0 saturated heterocycles. The molecular weight excluding hydrogens is 391 g/mol. The Morgan fingerprint density at radius 3 is 1.32 bits per heavy atom. The van der Waals surface area contributed by atoms with Crippen molar-refractivity contribution in [3.8, 4) is 0 Å². The van der Waals surface area contributed by atoms with E-state index < -0.39 is 5.31 Å². The average Bonchev–Trinajstić information content (AvgIpc) is 2.70. The van der Waals surface area contributed by atoms with Gasteiger partial charge in [0.2, 0.25) is 0 Å². The van der Waals surface area contributed by atoms with Crippen LogP contribution in [0.25, 0.3) is 0 Å². The van der Waals surface area contributed by atoms with E-state index in [1.807, 2.05) is 25.1 Å². The van der Waals surface area contributed by atoms with Crippen LogP contribution in [0, 0.1) is 0 Å². The van der Waals surface area contributed by atoms with Gasteiger partial charge in [-0.1, -0.05) is 0 Å². The fourth-order valence-corrected chi connectivity index (χ4v) is 11.1. The van der Waals surface area contributed by atoms with Crippen LogP contribution in [-0.2, 0) is 4.79 Å². The second kappa shape index (κ2) is 7.23. The van der Waals surface area contributed by atoms with Crippen LogP contribution in [-0.4, -0.2) is 11.9 Å². The number of hydrogen-bond donors (Lipinski definition) is 0. The van der Waals surface area contributed by atoms with Crippen LogP contribution in [0.15, 0.2) is 91.0 Å². The van der Waals surface area contributed by atoms with Crippen molar-refractivity contribution in [1.82, 2.24) is 0 Å². The molecule has 3 aromatic carbocycles. The molecule has 0 amide bonds. The Balaban J connectivity index is 2.42. The summed E-state index contributed by atoms with van der Waals surface area (Å²) in [6.45, 7) is 1.94. The summed E-state index contributed by atoms with van der Waals surface area (Å²) in [5.41, 5.74) is 0. The summed E-state index contributed by atoms with van der Waals surface area (Å²) in [4.78, 5) is 12.8. The number of ketones is 1. The van der Waals surface area contributed by atoms with Crippen LogP contribution in [0.1, 0.15) is 13.3 Å². The molecular formula is C22H22BrOP. The minimum absolute atomic E-state index is 0.270. The van der Waals surface area contributed by atoms with Crippen molar-refractivity contribution >= 4 is 42.5 Å². The molecule has 3 heteroatoms. The molecule has 0 unspecified atom stereocenters. The predicted molar refractivity (Wildman–Crippen MR) is 114 cm³/mol. The molecule has 128 valence electrons. The Kier molecular flexibility index (Phi) is 5.22. The van der Waals surface area contributed by atoms with E-state index in [2.05, 4.69) is 88.3 Å². The predicted octanol–water partition coefficient (Wildman–Crippen LogP) is 4.81. The molecule has 0 bridgehead atoms. The average molecular weight is 413 g/mol. The molecule has 0 spiro atoms. The number of hydrogen-bond acceptors (Lipinski definition) is 1. The molecule has 0 aromatic heterocycles. The van der Waals surface area contributed by atoms with Gasteiger partial charge in [0.15, 0.2) is 0 Å². The van der Waals surface area contributed by atoms with Crippen molar-refractivity contribution in [3.05, 3.63) is 91.0 Å². The zero-order valence-corrected chi connectivity index (χ0v) is 16.8. The fourth-order valence-electron chi connectivity index (χ4n) is 3.38. The summed E-state index contributed by atoms with van der Waals surface area (Å²) in [7, 11) is 0. The molecule has 0 aliphatic rings. The van der Waals surface area contributed by atoms with Crippen LogP contribution in [0.3, 0.4) is 0 Å². The van der Waals surface area contributed by atoms with E-state index in [0.717, 1.165) is 0 Å². The Morgan fingerprint density at radius 2 is 1.04 bits per heavy atom. The van der Waals surface area contributed by atoms with Crippen LogP contribution >= 0.6 is 20.8 Å². The summed E-state index contributed by atoms with van der Waals surface area (Å²) in [6.07, 6.45) is 1.02. The summed E-state index contributed by atoms with van der Waals surface area (Å²) in [5, 5.41) is 0.507. The number of rotatable bonds is 6. The summed E-state index contributed by atoms with van der Waals surface area (Å²) in [5.74, 6) is 0.270. The van der Waals surface area contributed by atoms with E-state index in [1.54, 1.807) is 0 Å². The van der Waals surface area contributed by atoms with Crippen molar-refractivity contribution in [3.63, 3.8) is 0 Å². The van der Waals surface area contributed by atoms with E-state index in [1.165, 1.54) is 15.9 Å². The third-order valence-corrected chi connectivity index (χ3v) is 14.3. The van der Waals surface area contributed by atoms with Crippen LogP contribution in [0.5, 0.6) is 0 Å². The summed E-state index contributed by atoms with van der Waals surface area (Å²) >= 11 is 4.27. The molecule has 1 nitrogen and oxygen atoms in total. The van der Waals surface area contributed by atoms with E-state index in [4.69, 9.17) is 0 Å². The monoisotopic (exact) mass is 412 g/mol. The maximum absolute atomic E-state index is 12.8. The molecule has 0 N–H and O–H groups in total. The summed E-state index contributed by atoms with van der Waals surface area (Å²) in [6, 6.07) is 31.3. The first-order valence-electron chi connectivity index (χ1n) is 8.51. The second-order valence-electron chi connectivity index (χ2n) is 6.24. The van der Waals surface area contributed by atoms with Crippen LogP contribution in [0.2, 0.25) is 0 Å². The van der Waals surface area contributed by atoms with Gasteiger partial charge in [0, 0.05) is 0 Å². The van der Waals surface area contributed by atoms with Gasteiger partial charge in [0.25, 0.3) is 0 Å². The SMILES string of the molecule is CCC(=O)CP(Br)(c1ccccc1)(c1ccccc1)c1ccccc1. The van der Waals surface area contributed by atoms with Crippen LogP contribution < -0.4 is 15.9 Å². The number of carbonyl (C=O) groups excluding carboxylic acids is 1. The van der Waals surface area contributed by atoms with Gasteiger partial charge < -0.3 is 0 Å². The number of carbonyl (C=O) groups is 1. The van der Waals surface area contributed by atoms with Gasteiger partial charge in [-0.05, 0) is 0 Å². The minimum atomic E-state index is -3.06. The quantitative estimate of drug-likeness (QED) is 0.531. The zero-order valence-electron chi connectivity index (χ0n) is 14.3. The van der Waals surface area contributed by atoms with E-state index in [9.17, 15) is 4.79 Å². The summed E-state index contributed by atoms with van der Waals surface area (Å²) < 4.78 is 0. The first-order chi connectivity index (χ1) is 12.1. The van der Waals surface area contributed by atoms with E-state index in [-0.39, 0.29) is 5.78 Å². The molecule has 3 aromatic rings. The van der Waals surface area contributed by atoms with Gasteiger partial charge in [-0.2, -0.15) is 0 Å². The number of benzene rings is 3. The normalized spacial score (nSPS) is 13.0. The third-order valence-electron chi connectivity index (χ3n) is 4.75. The van der Waals surface area contributed by atoms with Gasteiger partial charge in [0.1, 0.15) is 0 Å². The van der Waals surface area contributed by atoms with Crippen molar-refractivity contribution in [2.75, 3.05) is 6.16 Å². The standard InChI is InChI=1S/C22H22BrOP/c1-2-19(24)18-25(23,20-12-6-3-7-13-20,21-14-8-4-9-15-21)22-16-10-5-11-17-22/h3-17H,2,18H2,1H3. The van der Waals surface area contributed by atoms with Crippen LogP contribution in [0.4, 0.5) is 0 Å². The Morgan fingerprint density at radius 1 is 0.720 bits per heavy atom. The molecule has 0 radical (unpaired) electrons. The second-order valence-corrected chi connectivity index (χ2v) is 15.2. The molecule has 0 saturated carbocycles. The van der Waals surface area contributed by atoms with E-state index >= 15 is 0 Å². The molecule has 0 heterocycles. The zero-order chi connectivity index (χ0) is 17.8. The van der Waals surface area contributed by atoms with Crippen molar-refractivity contribution < 1.29 is 4.79 Å². The van der Waals surface area contributed by atoms with Gasteiger partial charge in [-0.3, -0.25) is 0 Å². The van der Waals surface area contributed by atoms with E-state index in [0.29, 0.717) is 12.6 Å². The maximum atomic E-state index is 12.8. The fraction of sp³-hybridized carbons (Fsp3) is 0.136. The van der Waals surface area contributed by atoms with Crippen molar-refractivity contribution in [2.24, 2.45) is 0 Å². The van der Waals surface area contributed by atoms with Gasteiger partial charge in [-0.25, -0.2) is 0 Å². The molecule has 0 fully saturated rings.